The van der Waals surface area contributed by atoms with E-state index < -0.39 is 27.4 Å². The number of nitrogens with zero attached hydrogens (tertiary/aromatic N) is 1. The van der Waals surface area contributed by atoms with Crippen LogP contribution in [0, 0.1) is 10.1 Å². The van der Waals surface area contributed by atoms with Crippen molar-refractivity contribution in [3.05, 3.63) is 38.7 Å². The Kier molecular flexibility index (Phi) is 3.57. The molecule has 0 bridgehead atoms. The van der Waals surface area contributed by atoms with E-state index in [1.165, 1.54) is 25.3 Å². The van der Waals surface area contributed by atoms with Gasteiger partial charge in [-0.3, -0.25) is 10.1 Å². The van der Waals surface area contributed by atoms with Crippen molar-refractivity contribution >= 4 is 33.7 Å². The van der Waals surface area contributed by atoms with Crippen molar-refractivity contribution in [2.45, 2.75) is 0 Å². The molecule has 1 aromatic heterocycles. The van der Waals surface area contributed by atoms with Crippen molar-refractivity contribution in [1.82, 2.24) is 0 Å². The van der Waals surface area contributed by atoms with Gasteiger partial charge in [0.25, 0.3) is 0 Å². The van der Waals surface area contributed by atoms with E-state index in [2.05, 4.69) is 4.74 Å². The van der Waals surface area contributed by atoms with Gasteiger partial charge in [-0.2, -0.15) is 0 Å². The number of carbonyl (C=O) groups is 1. The van der Waals surface area contributed by atoms with Crippen LogP contribution in [0.25, 0.3) is 11.0 Å². The van der Waals surface area contributed by atoms with Crippen LogP contribution in [0.2, 0.25) is 0 Å². The Hall–Kier alpha value is -2.61. The van der Waals surface area contributed by atoms with Gasteiger partial charge < -0.3 is 13.9 Å². The average Bonchev–Trinajstić information content (AvgIpc) is 2.36. The highest BCUT2D eigenvalue weighted by Gasteiger charge is 2.28. The average molecular weight is 300 g/mol. The first-order valence-electron chi connectivity index (χ1n) is 5.10. The quantitative estimate of drug-likeness (QED) is 0.370. The monoisotopic (exact) mass is 299 g/mol. The fraction of sp³-hybridized carbons (Fsp3) is 0.0909. The molecule has 0 atom stereocenters. The van der Waals surface area contributed by atoms with Crippen molar-refractivity contribution in [2.75, 3.05) is 7.11 Å². The lowest BCUT2D eigenvalue weighted by Crippen LogP contribution is -2.11. The van der Waals surface area contributed by atoms with Gasteiger partial charge in [0.1, 0.15) is 11.3 Å². The number of halogens is 1. The maximum absolute atomic E-state index is 11.6. The molecule has 0 saturated carbocycles. The minimum absolute atomic E-state index is 0.0344. The van der Waals surface area contributed by atoms with E-state index in [4.69, 9.17) is 20.8 Å². The van der Waals surface area contributed by atoms with E-state index in [1.807, 2.05) is 0 Å². The first-order valence-corrected chi connectivity index (χ1v) is 5.48. The molecule has 1 heterocycles. The molecule has 0 radical (unpaired) electrons. The van der Waals surface area contributed by atoms with Crippen molar-refractivity contribution in [3.63, 3.8) is 0 Å². The van der Waals surface area contributed by atoms with Crippen molar-refractivity contribution in [3.8, 4) is 11.5 Å². The van der Waals surface area contributed by atoms with Crippen LogP contribution in [0.15, 0.2) is 27.4 Å². The van der Waals surface area contributed by atoms with Gasteiger partial charge in [0.2, 0.25) is 5.75 Å². The third kappa shape index (κ3) is 2.41. The molecular weight excluding hydrogens is 294 g/mol. The van der Waals surface area contributed by atoms with Gasteiger partial charge in [0.15, 0.2) is 0 Å². The van der Waals surface area contributed by atoms with Gasteiger partial charge in [-0.1, -0.05) is 0 Å². The molecule has 0 N–H and O–H groups in total. The van der Waals surface area contributed by atoms with Crippen LogP contribution in [0.3, 0.4) is 0 Å². The molecule has 0 aliphatic heterocycles. The Morgan fingerprint density at radius 3 is 2.70 bits per heavy atom. The van der Waals surface area contributed by atoms with Crippen LogP contribution in [0.4, 0.5) is 10.5 Å². The number of rotatable bonds is 3. The molecule has 20 heavy (non-hydrogen) atoms. The van der Waals surface area contributed by atoms with Gasteiger partial charge in [-0.15, -0.1) is 0 Å². The summed E-state index contributed by atoms with van der Waals surface area (Å²) in [6, 6.07) is 4.13. The summed E-state index contributed by atoms with van der Waals surface area (Å²) in [5, 5.41) is 10.9. The molecule has 104 valence electrons. The Balaban J connectivity index is 2.86. The molecule has 0 saturated heterocycles. The molecule has 0 aliphatic rings. The van der Waals surface area contributed by atoms with Gasteiger partial charge in [-0.05, 0) is 12.1 Å². The number of carbonyl (C=O) groups excluding carboxylic acids is 1. The SMILES string of the molecule is COc1ccc2c(OC(=O)Cl)c([N+](=O)[O-])c(=O)oc2c1. The second-order valence-electron chi connectivity index (χ2n) is 3.53. The van der Waals surface area contributed by atoms with Gasteiger partial charge >= 0.3 is 16.7 Å². The highest BCUT2D eigenvalue weighted by Crippen LogP contribution is 2.34. The summed E-state index contributed by atoms with van der Waals surface area (Å²) < 4.78 is 14.3. The number of hydrogen-bond donors (Lipinski definition) is 0. The second-order valence-corrected chi connectivity index (χ2v) is 3.83. The van der Waals surface area contributed by atoms with Crippen LogP contribution >= 0.6 is 11.6 Å². The number of fused-ring (bicyclic) bond motifs is 1. The highest BCUT2D eigenvalue weighted by atomic mass is 35.5. The summed E-state index contributed by atoms with van der Waals surface area (Å²) in [5.74, 6) is -0.207. The van der Waals surface area contributed by atoms with Crippen molar-refractivity contribution < 1.29 is 23.6 Å². The normalized spacial score (nSPS) is 10.3. The lowest BCUT2D eigenvalue weighted by Gasteiger charge is -2.06. The largest absolute Gasteiger partial charge is 0.497 e. The molecule has 2 aromatic rings. The topological polar surface area (TPSA) is 109 Å². The second kappa shape index (κ2) is 5.17. The fourth-order valence-electron chi connectivity index (χ4n) is 1.61. The minimum Gasteiger partial charge on any atom is -0.497 e. The molecule has 1 aromatic carbocycles. The number of benzene rings is 1. The number of ether oxygens (including phenoxy) is 2. The standard InChI is InChI=1S/C11H6ClNO7/c1-18-5-2-3-6-7(4-5)19-10(14)8(13(16)17)9(6)20-11(12)15/h2-4H,1H3. The zero-order valence-corrected chi connectivity index (χ0v) is 10.7. The summed E-state index contributed by atoms with van der Waals surface area (Å²) in [6.07, 6.45) is 0. The zero-order chi connectivity index (χ0) is 14.9. The Bertz CT molecular complexity index is 767. The van der Waals surface area contributed by atoms with Crippen molar-refractivity contribution in [2.24, 2.45) is 0 Å². The summed E-state index contributed by atoms with van der Waals surface area (Å²) in [5.41, 5.74) is -3.61. The molecule has 0 amide bonds. The van der Waals surface area contributed by atoms with Gasteiger partial charge in [-0.25, -0.2) is 9.59 Å². The predicted octanol–water partition coefficient (Wildman–Crippen LogP) is 2.45. The summed E-state index contributed by atoms with van der Waals surface area (Å²) >= 11 is 5.06. The molecule has 8 nitrogen and oxygen atoms in total. The molecule has 2 rings (SSSR count). The highest BCUT2D eigenvalue weighted by molar-refractivity contribution is 6.61. The molecule has 0 aliphatic carbocycles. The van der Waals surface area contributed by atoms with E-state index in [0.29, 0.717) is 5.75 Å². The molecule has 9 heteroatoms. The summed E-state index contributed by atoms with van der Waals surface area (Å²) in [4.78, 5) is 32.3. The van der Waals surface area contributed by atoms with Crippen molar-refractivity contribution in [1.29, 1.82) is 0 Å². The zero-order valence-electron chi connectivity index (χ0n) is 9.91. The van der Waals surface area contributed by atoms with Crippen LogP contribution < -0.4 is 15.1 Å². The predicted molar refractivity (Wildman–Crippen MR) is 67.6 cm³/mol. The lowest BCUT2D eigenvalue weighted by molar-refractivity contribution is -0.387. The van der Waals surface area contributed by atoms with Crippen LogP contribution in [-0.4, -0.2) is 17.5 Å². The third-order valence-electron chi connectivity index (χ3n) is 2.41. The third-order valence-corrected chi connectivity index (χ3v) is 2.49. The minimum atomic E-state index is -1.31. The van der Waals surface area contributed by atoms with E-state index in [9.17, 15) is 19.7 Å². The van der Waals surface area contributed by atoms with Gasteiger partial charge in [0.05, 0.1) is 17.4 Å². The lowest BCUT2D eigenvalue weighted by atomic mass is 10.2. The number of nitro groups is 1. The first-order chi connectivity index (χ1) is 9.43. The number of hydrogen-bond acceptors (Lipinski definition) is 7. The molecule has 0 fully saturated rings. The fourth-order valence-corrected chi connectivity index (χ4v) is 1.69. The van der Waals surface area contributed by atoms with Crippen LogP contribution in [0.5, 0.6) is 11.5 Å². The summed E-state index contributed by atoms with van der Waals surface area (Å²) in [7, 11) is 1.39. The Morgan fingerprint density at radius 2 is 2.15 bits per heavy atom. The smallest absolute Gasteiger partial charge is 0.419 e. The first kappa shape index (κ1) is 13.8. The van der Waals surface area contributed by atoms with E-state index >= 15 is 0 Å². The Morgan fingerprint density at radius 1 is 1.45 bits per heavy atom. The summed E-state index contributed by atoms with van der Waals surface area (Å²) in [6.45, 7) is 0. The van der Waals surface area contributed by atoms with Crippen LogP contribution in [0.1, 0.15) is 0 Å². The number of methoxy groups -OCH3 is 1. The van der Waals surface area contributed by atoms with E-state index in [0.717, 1.165) is 0 Å². The van der Waals surface area contributed by atoms with E-state index in [1.54, 1.807) is 0 Å². The molecule has 0 unspecified atom stereocenters. The Labute approximate surface area is 115 Å². The van der Waals surface area contributed by atoms with Gasteiger partial charge in [0, 0.05) is 17.7 Å². The molecular formula is C11H6ClNO7. The van der Waals surface area contributed by atoms with Crippen LogP contribution in [-0.2, 0) is 0 Å². The maximum atomic E-state index is 11.6. The molecule has 0 spiro atoms. The van der Waals surface area contributed by atoms with E-state index in [-0.39, 0.29) is 11.0 Å². The maximum Gasteiger partial charge on any atom is 0.419 e.